The fourth-order valence-corrected chi connectivity index (χ4v) is 5.28. The van der Waals surface area contributed by atoms with E-state index < -0.39 is 7.14 Å². The molecule has 3 rings (SSSR count). The van der Waals surface area contributed by atoms with E-state index in [0.29, 0.717) is 11.9 Å². The number of hydrogen-bond donors (Lipinski definition) is 0. The zero-order valence-electron chi connectivity index (χ0n) is 13.3. The average Bonchev–Trinajstić information content (AvgIpc) is 2.67. The Hall–Kier alpha value is -2.62. The van der Waals surface area contributed by atoms with Crippen LogP contribution in [0.3, 0.4) is 0 Å². The number of benzene rings is 2. The Balaban J connectivity index is 2.17. The van der Waals surface area contributed by atoms with Gasteiger partial charge in [0.2, 0.25) is 0 Å². The van der Waals surface area contributed by atoms with Crippen LogP contribution in [0.2, 0.25) is 0 Å². The molecular weight excluding hydrogens is 313 g/mol. The number of rotatable bonds is 5. The molecule has 3 heteroatoms. The quantitative estimate of drug-likeness (QED) is 0.530. The molecule has 118 valence electrons. The average molecular weight is 331 g/mol. The Morgan fingerprint density at radius 1 is 0.917 bits per heavy atom. The molecule has 0 amide bonds. The van der Waals surface area contributed by atoms with Crippen LogP contribution in [0, 0.1) is 12.3 Å². The van der Waals surface area contributed by atoms with Crippen molar-refractivity contribution in [3.05, 3.63) is 84.6 Å². The molecule has 0 spiro atoms. The summed E-state index contributed by atoms with van der Waals surface area (Å²) in [6.07, 6.45) is 8.50. The summed E-state index contributed by atoms with van der Waals surface area (Å²) in [6, 6.07) is 23.0. The lowest BCUT2D eigenvalue weighted by Crippen LogP contribution is -2.27. The van der Waals surface area contributed by atoms with Gasteiger partial charge in [-0.25, -0.2) is 0 Å². The van der Waals surface area contributed by atoms with Crippen LogP contribution in [-0.4, -0.2) is 4.98 Å². The van der Waals surface area contributed by atoms with Crippen molar-refractivity contribution in [1.29, 1.82) is 0 Å². The van der Waals surface area contributed by atoms with Gasteiger partial charge in [0.25, 0.3) is 0 Å². The van der Waals surface area contributed by atoms with E-state index in [9.17, 15) is 4.57 Å². The van der Waals surface area contributed by atoms with Crippen LogP contribution in [0.5, 0.6) is 0 Å². The maximum atomic E-state index is 14.1. The number of aryl methyl sites for hydroxylation is 1. The van der Waals surface area contributed by atoms with E-state index in [-0.39, 0.29) is 0 Å². The van der Waals surface area contributed by atoms with Gasteiger partial charge < -0.3 is 4.57 Å². The lowest BCUT2D eigenvalue weighted by molar-refractivity contribution is 0.592. The molecule has 1 aromatic heterocycles. The van der Waals surface area contributed by atoms with Crippen molar-refractivity contribution in [2.75, 3.05) is 0 Å². The second-order valence-electron chi connectivity index (χ2n) is 5.51. The van der Waals surface area contributed by atoms with Crippen molar-refractivity contribution in [2.24, 2.45) is 0 Å². The number of terminal acetylenes is 1. The largest absolute Gasteiger partial charge is 0.307 e. The molecule has 0 N–H and O–H groups in total. The van der Waals surface area contributed by atoms with E-state index in [1.807, 2.05) is 72.8 Å². The van der Waals surface area contributed by atoms with Crippen LogP contribution >= 0.6 is 7.14 Å². The fourth-order valence-electron chi connectivity index (χ4n) is 2.69. The second-order valence-corrected chi connectivity index (χ2v) is 8.22. The molecule has 0 bridgehead atoms. The minimum absolute atomic E-state index is 0.606. The second kappa shape index (κ2) is 7.30. The predicted molar refractivity (Wildman–Crippen MR) is 101 cm³/mol. The van der Waals surface area contributed by atoms with E-state index in [2.05, 4.69) is 10.9 Å². The molecule has 1 heterocycles. The van der Waals surface area contributed by atoms with Crippen molar-refractivity contribution in [3.63, 3.8) is 0 Å². The third-order valence-electron chi connectivity index (χ3n) is 3.93. The highest BCUT2D eigenvalue weighted by molar-refractivity contribution is 7.85. The van der Waals surface area contributed by atoms with Gasteiger partial charge in [-0.05, 0) is 24.1 Å². The molecule has 3 aromatic rings. The highest BCUT2D eigenvalue weighted by Crippen LogP contribution is 2.41. The molecule has 0 unspecified atom stereocenters. The molecule has 0 saturated carbocycles. The Morgan fingerprint density at radius 2 is 1.50 bits per heavy atom. The van der Waals surface area contributed by atoms with E-state index in [1.165, 1.54) is 0 Å². The maximum Gasteiger partial charge on any atom is 0.188 e. The van der Waals surface area contributed by atoms with Gasteiger partial charge in [-0.2, -0.15) is 0 Å². The molecule has 0 fully saturated rings. The molecule has 0 atom stereocenters. The highest BCUT2D eigenvalue weighted by atomic mass is 31.2. The first kappa shape index (κ1) is 16.2. The molecule has 2 nitrogen and oxygen atoms in total. The van der Waals surface area contributed by atoms with E-state index in [0.717, 1.165) is 22.6 Å². The van der Waals surface area contributed by atoms with E-state index in [4.69, 9.17) is 6.42 Å². The van der Waals surface area contributed by atoms with Gasteiger partial charge in [-0.1, -0.05) is 60.7 Å². The summed E-state index contributed by atoms with van der Waals surface area (Å²) in [5, 5.41) is 1.58. The monoisotopic (exact) mass is 331 g/mol. The summed E-state index contributed by atoms with van der Waals surface area (Å²) in [5.74, 6) is 2.65. The van der Waals surface area contributed by atoms with Crippen LogP contribution in [0.4, 0.5) is 0 Å². The highest BCUT2D eigenvalue weighted by Gasteiger charge is 2.31. The van der Waals surface area contributed by atoms with Crippen LogP contribution < -0.4 is 16.0 Å². The minimum Gasteiger partial charge on any atom is -0.307 e. The summed E-state index contributed by atoms with van der Waals surface area (Å²) in [4.78, 5) is 4.46. The first-order valence-electron chi connectivity index (χ1n) is 7.85. The number of aromatic nitrogens is 1. The summed E-state index contributed by atoms with van der Waals surface area (Å²) in [5.41, 5.74) is 1.67. The van der Waals surface area contributed by atoms with Gasteiger partial charge >= 0.3 is 0 Å². The van der Waals surface area contributed by atoms with E-state index in [1.54, 1.807) is 6.20 Å². The zero-order valence-corrected chi connectivity index (χ0v) is 14.2. The van der Waals surface area contributed by atoms with Crippen LogP contribution in [0.15, 0.2) is 79.0 Å². The van der Waals surface area contributed by atoms with Crippen LogP contribution in [-0.2, 0) is 11.0 Å². The fraction of sp³-hybridized carbons (Fsp3) is 0.0952. The number of pyridine rings is 1. The summed E-state index contributed by atoms with van der Waals surface area (Å²) >= 11 is 0. The Kier molecular flexibility index (Phi) is 4.94. The summed E-state index contributed by atoms with van der Waals surface area (Å²) < 4.78 is 14.1. The summed E-state index contributed by atoms with van der Waals surface area (Å²) in [6.45, 7) is 0. The lowest BCUT2D eigenvalue weighted by atomic mass is 10.1. The van der Waals surface area contributed by atoms with E-state index >= 15 is 0 Å². The topological polar surface area (TPSA) is 30.0 Å². The predicted octanol–water partition coefficient (Wildman–Crippen LogP) is 3.29. The lowest BCUT2D eigenvalue weighted by Gasteiger charge is -2.19. The van der Waals surface area contributed by atoms with Crippen molar-refractivity contribution in [1.82, 2.24) is 4.98 Å². The van der Waals surface area contributed by atoms with Crippen molar-refractivity contribution in [3.8, 4) is 12.3 Å². The van der Waals surface area contributed by atoms with Crippen molar-refractivity contribution in [2.45, 2.75) is 12.8 Å². The SMILES string of the molecule is C#CCCc1ccnc(P(=O)(c2ccccc2)c2ccccc2)c1. The minimum atomic E-state index is -3.00. The van der Waals surface area contributed by atoms with Gasteiger partial charge in [0.15, 0.2) is 7.14 Å². The summed E-state index contributed by atoms with van der Waals surface area (Å²) in [7, 11) is -3.00. The normalized spacial score (nSPS) is 11.0. The van der Waals surface area contributed by atoms with Crippen LogP contribution in [0.25, 0.3) is 0 Å². The van der Waals surface area contributed by atoms with Gasteiger partial charge in [0, 0.05) is 23.2 Å². The van der Waals surface area contributed by atoms with Gasteiger partial charge in [-0.15, -0.1) is 12.3 Å². The Bertz CT molecular complexity index is 854. The Morgan fingerprint density at radius 3 is 2.04 bits per heavy atom. The maximum absolute atomic E-state index is 14.1. The third kappa shape index (κ3) is 3.18. The Labute approximate surface area is 143 Å². The molecule has 2 aromatic carbocycles. The molecule has 0 aliphatic heterocycles. The van der Waals surface area contributed by atoms with Gasteiger partial charge in [-0.3, -0.25) is 4.98 Å². The van der Waals surface area contributed by atoms with Crippen molar-refractivity contribution < 1.29 is 4.57 Å². The van der Waals surface area contributed by atoms with Gasteiger partial charge in [0.05, 0.1) is 0 Å². The zero-order chi connectivity index (χ0) is 16.8. The number of hydrogen-bond acceptors (Lipinski definition) is 2. The first-order valence-corrected chi connectivity index (χ1v) is 9.56. The van der Waals surface area contributed by atoms with Crippen LogP contribution in [0.1, 0.15) is 12.0 Å². The molecule has 0 aliphatic carbocycles. The van der Waals surface area contributed by atoms with Gasteiger partial charge in [0.1, 0.15) is 5.44 Å². The first-order chi connectivity index (χ1) is 11.7. The molecule has 0 aliphatic rings. The third-order valence-corrected chi connectivity index (χ3v) is 6.87. The number of nitrogens with zero attached hydrogens (tertiary/aromatic N) is 1. The molecule has 0 saturated heterocycles. The standard InChI is InChI=1S/C21H18NOP/c1-2-3-10-18-15-16-22-21(17-18)24(23,19-11-6-4-7-12-19)20-13-8-5-9-14-20/h1,4-9,11-17H,3,10H2. The molecular formula is C21H18NOP. The molecule has 0 radical (unpaired) electrons. The smallest absolute Gasteiger partial charge is 0.188 e. The van der Waals surface area contributed by atoms with Crippen molar-refractivity contribution >= 4 is 23.2 Å². The molecule has 24 heavy (non-hydrogen) atoms.